The van der Waals surface area contributed by atoms with Crippen molar-refractivity contribution in [3.05, 3.63) is 59.7 Å². The van der Waals surface area contributed by atoms with E-state index >= 15 is 0 Å². The summed E-state index contributed by atoms with van der Waals surface area (Å²) in [6.45, 7) is 2.00. The average molecular weight is 495 g/mol. The Morgan fingerprint density at radius 2 is 1.56 bits per heavy atom. The lowest BCUT2D eigenvalue weighted by molar-refractivity contribution is -0.140. The summed E-state index contributed by atoms with van der Waals surface area (Å²) in [5.41, 5.74) is 13.0. The van der Waals surface area contributed by atoms with E-state index in [4.69, 9.17) is 25.7 Å². The van der Waals surface area contributed by atoms with Crippen LogP contribution in [-0.4, -0.2) is 31.1 Å². The third-order valence-corrected chi connectivity index (χ3v) is 6.16. The number of carbonyl (C=O) groups excluding carboxylic acids is 3. The highest BCUT2D eigenvalue weighted by molar-refractivity contribution is 5.91. The Kier molecular flexibility index (Phi) is 9.92. The maximum atomic E-state index is 12.5. The van der Waals surface area contributed by atoms with Crippen molar-refractivity contribution in [2.45, 2.75) is 45.4 Å². The fraction of sp³-hybridized carbons (Fsp3) is 0.393. The van der Waals surface area contributed by atoms with Gasteiger partial charge in [-0.25, -0.2) is 9.59 Å². The summed E-state index contributed by atoms with van der Waals surface area (Å²) in [7, 11) is 0. The first-order valence-corrected chi connectivity index (χ1v) is 12.3. The molecule has 1 fully saturated rings. The maximum absolute atomic E-state index is 12.5. The fourth-order valence-electron chi connectivity index (χ4n) is 4.31. The van der Waals surface area contributed by atoms with Crippen LogP contribution in [0, 0.1) is 11.8 Å². The number of hydrogen-bond acceptors (Lipinski definition) is 8. The molecule has 3 rings (SSSR count). The molecule has 0 saturated heterocycles. The molecule has 0 heterocycles. The third-order valence-electron chi connectivity index (χ3n) is 6.16. The monoisotopic (exact) mass is 494 g/mol. The third kappa shape index (κ3) is 8.45. The molecule has 0 radical (unpaired) electrons. The normalized spacial score (nSPS) is 17.5. The summed E-state index contributed by atoms with van der Waals surface area (Å²) in [6.07, 6.45) is 9.25. The van der Waals surface area contributed by atoms with Gasteiger partial charge in [0.2, 0.25) is 0 Å². The minimum absolute atomic E-state index is 0.0318. The minimum atomic E-state index is -0.606. The van der Waals surface area contributed by atoms with Crippen LogP contribution in [0.25, 0.3) is 6.08 Å². The lowest BCUT2D eigenvalue weighted by Crippen LogP contribution is -2.25. The van der Waals surface area contributed by atoms with Gasteiger partial charge in [-0.2, -0.15) is 0 Å². The number of carbonyl (C=O) groups is 3. The van der Waals surface area contributed by atoms with Crippen molar-refractivity contribution in [3.8, 4) is 5.75 Å². The van der Waals surface area contributed by atoms with E-state index in [1.165, 1.54) is 37.1 Å². The van der Waals surface area contributed by atoms with Crippen molar-refractivity contribution in [2.75, 3.05) is 24.7 Å². The van der Waals surface area contributed by atoms with E-state index in [2.05, 4.69) is 6.92 Å². The van der Waals surface area contributed by atoms with Gasteiger partial charge in [0.25, 0.3) is 0 Å². The first-order valence-electron chi connectivity index (χ1n) is 12.3. The Labute approximate surface area is 211 Å². The molecule has 0 spiro atoms. The Bertz CT molecular complexity index is 1050. The molecule has 0 bridgehead atoms. The molecule has 192 valence electrons. The second-order valence-electron chi connectivity index (χ2n) is 9.02. The molecule has 0 amide bonds. The lowest BCUT2D eigenvalue weighted by Gasteiger charge is -2.26. The number of anilines is 2. The molecular weight excluding hydrogens is 460 g/mol. The van der Waals surface area contributed by atoms with E-state index in [1.807, 2.05) is 0 Å². The Morgan fingerprint density at radius 1 is 0.917 bits per heavy atom. The summed E-state index contributed by atoms with van der Waals surface area (Å²) >= 11 is 0. The molecule has 0 aliphatic heterocycles. The van der Waals surface area contributed by atoms with E-state index in [9.17, 15) is 14.4 Å². The summed E-state index contributed by atoms with van der Waals surface area (Å²) in [5, 5.41) is 0. The Hall–Kier alpha value is -3.81. The van der Waals surface area contributed by atoms with Crippen LogP contribution in [0.5, 0.6) is 5.75 Å². The van der Waals surface area contributed by atoms with Crippen LogP contribution in [0.4, 0.5) is 11.4 Å². The highest BCUT2D eigenvalue weighted by atomic mass is 16.6. The summed E-state index contributed by atoms with van der Waals surface area (Å²) in [5.74, 6) is -0.161. The van der Waals surface area contributed by atoms with Crippen LogP contribution >= 0.6 is 0 Å². The van der Waals surface area contributed by atoms with Crippen LogP contribution in [0.15, 0.2) is 48.5 Å². The first-order chi connectivity index (χ1) is 17.3. The predicted octanol–water partition coefficient (Wildman–Crippen LogP) is 4.78. The van der Waals surface area contributed by atoms with Crippen LogP contribution in [0.1, 0.15) is 61.4 Å². The van der Waals surface area contributed by atoms with Gasteiger partial charge in [0.15, 0.2) is 0 Å². The van der Waals surface area contributed by atoms with Gasteiger partial charge < -0.3 is 25.7 Å². The second kappa shape index (κ2) is 13.3. The molecule has 1 aliphatic carbocycles. The highest BCUT2D eigenvalue weighted by Crippen LogP contribution is 2.32. The van der Waals surface area contributed by atoms with Gasteiger partial charge in [-0.05, 0) is 73.6 Å². The van der Waals surface area contributed by atoms with Gasteiger partial charge in [0, 0.05) is 17.5 Å². The molecule has 36 heavy (non-hydrogen) atoms. The first kappa shape index (κ1) is 26.8. The highest BCUT2D eigenvalue weighted by Gasteiger charge is 2.27. The SMILES string of the molecule is CCCC1CCC(C(=O)Oc2ccc(C=CC(=O)OCCOC(=O)c3cc(N)cc(N)c3)cc2)CC1. The predicted molar refractivity (Wildman–Crippen MR) is 138 cm³/mol. The zero-order valence-corrected chi connectivity index (χ0v) is 20.6. The molecule has 2 aromatic rings. The number of ether oxygens (including phenoxy) is 3. The number of esters is 3. The smallest absolute Gasteiger partial charge is 0.338 e. The average Bonchev–Trinajstić information content (AvgIpc) is 2.86. The van der Waals surface area contributed by atoms with Crippen LogP contribution in [0.3, 0.4) is 0 Å². The molecule has 2 aromatic carbocycles. The van der Waals surface area contributed by atoms with E-state index in [0.717, 1.165) is 37.2 Å². The molecule has 1 saturated carbocycles. The molecule has 0 unspecified atom stereocenters. The van der Waals surface area contributed by atoms with E-state index < -0.39 is 11.9 Å². The van der Waals surface area contributed by atoms with Gasteiger partial charge in [-0.15, -0.1) is 0 Å². The number of hydrogen-bond donors (Lipinski definition) is 2. The maximum Gasteiger partial charge on any atom is 0.338 e. The van der Waals surface area contributed by atoms with E-state index in [-0.39, 0.29) is 30.7 Å². The Balaban J connectivity index is 1.36. The van der Waals surface area contributed by atoms with Crippen molar-refractivity contribution in [3.63, 3.8) is 0 Å². The molecular formula is C28H34N2O6. The number of nitrogen functional groups attached to an aromatic ring is 2. The van der Waals surface area contributed by atoms with Crippen LogP contribution < -0.4 is 16.2 Å². The molecule has 8 nitrogen and oxygen atoms in total. The van der Waals surface area contributed by atoms with Gasteiger partial charge in [0.05, 0.1) is 11.5 Å². The van der Waals surface area contributed by atoms with Gasteiger partial charge in [0.1, 0.15) is 19.0 Å². The van der Waals surface area contributed by atoms with Crippen molar-refractivity contribution in [1.82, 2.24) is 0 Å². The zero-order valence-electron chi connectivity index (χ0n) is 20.6. The topological polar surface area (TPSA) is 131 Å². The quantitative estimate of drug-likeness (QED) is 0.159. The largest absolute Gasteiger partial charge is 0.459 e. The zero-order chi connectivity index (χ0) is 25.9. The summed E-state index contributed by atoms with van der Waals surface area (Å²) in [4.78, 5) is 36.4. The van der Waals surface area contributed by atoms with Gasteiger partial charge in [-0.1, -0.05) is 31.9 Å². The van der Waals surface area contributed by atoms with E-state index in [1.54, 1.807) is 30.3 Å². The molecule has 1 aliphatic rings. The van der Waals surface area contributed by atoms with Crippen molar-refractivity contribution < 1.29 is 28.6 Å². The summed E-state index contributed by atoms with van der Waals surface area (Å²) < 4.78 is 15.7. The Morgan fingerprint density at radius 3 is 2.19 bits per heavy atom. The molecule has 0 aromatic heterocycles. The summed E-state index contributed by atoms with van der Waals surface area (Å²) in [6, 6.07) is 11.4. The fourth-order valence-corrected chi connectivity index (χ4v) is 4.31. The molecule has 0 atom stereocenters. The minimum Gasteiger partial charge on any atom is -0.459 e. The number of benzene rings is 2. The van der Waals surface area contributed by atoms with Crippen LogP contribution in [0.2, 0.25) is 0 Å². The van der Waals surface area contributed by atoms with Crippen molar-refractivity contribution >= 4 is 35.4 Å². The second-order valence-corrected chi connectivity index (χ2v) is 9.02. The lowest BCUT2D eigenvalue weighted by atomic mass is 9.80. The molecule has 4 N–H and O–H groups in total. The standard InChI is InChI=1S/C28H34N2O6/c1-2-3-19-4-9-21(10-5-19)28(33)36-25-11-6-20(7-12-25)8-13-26(31)34-14-15-35-27(32)22-16-23(29)18-24(30)17-22/h6-8,11-13,16-19,21H,2-5,9-10,14-15,29-30H2,1H3. The van der Waals surface area contributed by atoms with Gasteiger partial charge >= 0.3 is 17.9 Å². The van der Waals surface area contributed by atoms with E-state index in [0.29, 0.717) is 17.1 Å². The molecule has 8 heteroatoms. The van der Waals surface area contributed by atoms with Crippen molar-refractivity contribution in [2.24, 2.45) is 11.8 Å². The number of rotatable bonds is 10. The van der Waals surface area contributed by atoms with Crippen molar-refractivity contribution in [1.29, 1.82) is 0 Å². The number of nitrogens with two attached hydrogens (primary N) is 2. The van der Waals surface area contributed by atoms with Crippen LogP contribution in [-0.2, 0) is 19.1 Å². The van der Waals surface area contributed by atoms with Gasteiger partial charge in [-0.3, -0.25) is 4.79 Å².